The van der Waals surface area contributed by atoms with Crippen molar-refractivity contribution in [3.63, 3.8) is 0 Å². The van der Waals surface area contributed by atoms with Crippen LogP contribution in [0.25, 0.3) is 0 Å². The van der Waals surface area contributed by atoms with Gasteiger partial charge in [-0.3, -0.25) is 0 Å². The van der Waals surface area contributed by atoms with Gasteiger partial charge in [-0.1, -0.05) is 25.4 Å². The second kappa shape index (κ2) is 6.74. The van der Waals surface area contributed by atoms with Crippen LogP contribution >= 0.6 is 22.9 Å². The highest BCUT2D eigenvalue weighted by atomic mass is 35.5. The van der Waals surface area contributed by atoms with E-state index in [4.69, 9.17) is 22.1 Å². The molecule has 3 unspecified atom stereocenters. The summed E-state index contributed by atoms with van der Waals surface area (Å²) in [7, 11) is 0. The Hall–Kier alpha value is -0.0900. The maximum absolute atomic E-state index is 6.05. The Morgan fingerprint density at radius 1 is 1.29 bits per heavy atom. The Bertz CT molecular complexity index is 338. The van der Waals surface area contributed by atoms with E-state index in [9.17, 15) is 0 Å². The predicted octanol–water partition coefficient (Wildman–Crippen LogP) is 4.24. The van der Waals surface area contributed by atoms with Crippen molar-refractivity contribution in [2.45, 2.75) is 52.4 Å². The van der Waals surface area contributed by atoms with Crippen LogP contribution in [-0.2, 0) is 4.74 Å². The highest BCUT2D eigenvalue weighted by Crippen LogP contribution is 2.32. The Morgan fingerprint density at radius 3 is 2.35 bits per heavy atom. The van der Waals surface area contributed by atoms with Gasteiger partial charge < -0.3 is 10.5 Å². The number of nitrogens with two attached hydrogens (primary N) is 1. The smallest absolute Gasteiger partial charge is 0.107 e. The van der Waals surface area contributed by atoms with Crippen LogP contribution in [0.1, 0.15) is 45.1 Å². The van der Waals surface area contributed by atoms with Crippen molar-refractivity contribution in [2.75, 3.05) is 0 Å². The van der Waals surface area contributed by atoms with Gasteiger partial charge in [0, 0.05) is 10.9 Å². The molecule has 1 rings (SSSR count). The minimum absolute atomic E-state index is 0.0284. The molecule has 1 aromatic heterocycles. The van der Waals surface area contributed by atoms with E-state index in [0.29, 0.717) is 5.92 Å². The molecule has 0 bridgehead atoms. The fourth-order valence-electron chi connectivity index (χ4n) is 1.90. The SMILES string of the molecule is CC(C)CC(C)OC(c1ccc(Cl)s1)C(C)N. The highest BCUT2D eigenvalue weighted by Gasteiger charge is 2.21. The Labute approximate surface area is 113 Å². The molecule has 0 radical (unpaired) electrons. The summed E-state index contributed by atoms with van der Waals surface area (Å²) < 4.78 is 6.83. The van der Waals surface area contributed by atoms with Crippen molar-refractivity contribution in [2.24, 2.45) is 11.7 Å². The van der Waals surface area contributed by atoms with E-state index >= 15 is 0 Å². The molecular formula is C13H22ClNOS. The zero-order valence-electron chi connectivity index (χ0n) is 10.9. The van der Waals surface area contributed by atoms with Gasteiger partial charge in [0.15, 0.2) is 0 Å². The van der Waals surface area contributed by atoms with E-state index in [2.05, 4.69) is 20.8 Å². The van der Waals surface area contributed by atoms with Gasteiger partial charge in [-0.05, 0) is 38.3 Å². The summed E-state index contributed by atoms with van der Waals surface area (Å²) in [4.78, 5) is 1.11. The Morgan fingerprint density at radius 2 is 1.94 bits per heavy atom. The third-order valence-electron chi connectivity index (χ3n) is 2.53. The van der Waals surface area contributed by atoms with Gasteiger partial charge in [0.25, 0.3) is 0 Å². The number of ether oxygens (including phenoxy) is 1. The number of hydrogen-bond donors (Lipinski definition) is 1. The predicted molar refractivity (Wildman–Crippen MR) is 75.7 cm³/mol. The first kappa shape index (κ1) is 15.0. The third kappa shape index (κ3) is 4.96. The lowest BCUT2D eigenvalue weighted by atomic mass is 10.1. The topological polar surface area (TPSA) is 35.2 Å². The van der Waals surface area contributed by atoms with Crippen molar-refractivity contribution in [1.29, 1.82) is 0 Å². The molecule has 0 spiro atoms. The second-order valence-electron chi connectivity index (χ2n) is 5.00. The van der Waals surface area contributed by atoms with Gasteiger partial charge in [-0.2, -0.15) is 0 Å². The van der Waals surface area contributed by atoms with Gasteiger partial charge in [0.1, 0.15) is 6.10 Å². The first-order valence-corrected chi connectivity index (χ1v) is 7.26. The molecule has 2 nitrogen and oxygen atoms in total. The summed E-state index contributed by atoms with van der Waals surface area (Å²) in [6, 6.07) is 3.87. The minimum Gasteiger partial charge on any atom is -0.368 e. The normalized spacial score (nSPS) is 17.1. The molecule has 0 aliphatic carbocycles. The first-order valence-electron chi connectivity index (χ1n) is 6.06. The van der Waals surface area contributed by atoms with Crippen molar-refractivity contribution in [3.05, 3.63) is 21.3 Å². The van der Waals surface area contributed by atoms with Gasteiger partial charge in [-0.25, -0.2) is 0 Å². The average Bonchev–Trinajstić information content (AvgIpc) is 2.59. The summed E-state index contributed by atoms with van der Waals surface area (Å²) in [6.45, 7) is 8.47. The molecule has 98 valence electrons. The molecule has 0 saturated heterocycles. The maximum Gasteiger partial charge on any atom is 0.107 e. The molecule has 0 saturated carbocycles. The lowest BCUT2D eigenvalue weighted by Gasteiger charge is -2.25. The molecule has 0 amide bonds. The molecule has 4 heteroatoms. The molecule has 0 fully saturated rings. The molecule has 2 N–H and O–H groups in total. The lowest BCUT2D eigenvalue weighted by Crippen LogP contribution is -2.29. The monoisotopic (exact) mass is 275 g/mol. The fourth-order valence-corrected chi connectivity index (χ4v) is 3.11. The zero-order chi connectivity index (χ0) is 13.0. The first-order chi connectivity index (χ1) is 7.90. The van der Waals surface area contributed by atoms with Gasteiger partial charge in [0.05, 0.1) is 10.4 Å². The molecule has 1 heterocycles. The van der Waals surface area contributed by atoms with E-state index in [1.807, 2.05) is 19.1 Å². The van der Waals surface area contributed by atoms with Crippen molar-refractivity contribution >= 4 is 22.9 Å². The standard InChI is InChI=1S/C13H22ClNOS/c1-8(2)7-9(3)16-13(10(4)15)11-5-6-12(14)17-11/h5-6,8-10,13H,7,15H2,1-4H3. The van der Waals surface area contributed by atoms with E-state index in [-0.39, 0.29) is 18.2 Å². The summed E-state index contributed by atoms with van der Waals surface area (Å²) in [5.74, 6) is 0.630. The van der Waals surface area contributed by atoms with E-state index in [1.54, 1.807) is 11.3 Å². The molecular weight excluding hydrogens is 254 g/mol. The lowest BCUT2D eigenvalue weighted by molar-refractivity contribution is -0.0218. The third-order valence-corrected chi connectivity index (χ3v) is 3.83. The Kier molecular flexibility index (Phi) is 5.93. The molecule has 17 heavy (non-hydrogen) atoms. The average molecular weight is 276 g/mol. The highest BCUT2D eigenvalue weighted by molar-refractivity contribution is 7.16. The van der Waals surface area contributed by atoms with E-state index < -0.39 is 0 Å². The van der Waals surface area contributed by atoms with Crippen molar-refractivity contribution in [3.8, 4) is 0 Å². The van der Waals surface area contributed by atoms with Gasteiger partial charge in [-0.15, -0.1) is 11.3 Å². The molecule has 0 aliphatic heterocycles. The summed E-state index contributed by atoms with van der Waals surface area (Å²) in [5, 5.41) is 0. The second-order valence-corrected chi connectivity index (χ2v) is 6.74. The van der Waals surface area contributed by atoms with Crippen LogP contribution in [0.15, 0.2) is 12.1 Å². The number of hydrogen-bond acceptors (Lipinski definition) is 3. The molecule has 0 aromatic carbocycles. The molecule has 3 atom stereocenters. The van der Waals surface area contributed by atoms with Gasteiger partial charge in [0.2, 0.25) is 0 Å². The molecule has 0 aliphatic rings. The largest absolute Gasteiger partial charge is 0.368 e. The van der Waals surface area contributed by atoms with Gasteiger partial charge >= 0.3 is 0 Å². The van der Waals surface area contributed by atoms with Crippen LogP contribution in [0.3, 0.4) is 0 Å². The fraction of sp³-hybridized carbons (Fsp3) is 0.692. The zero-order valence-corrected chi connectivity index (χ0v) is 12.5. The summed E-state index contributed by atoms with van der Waals surface area (Å²) >= 11 is 7.50. The van der Waals surface area contributed by atoms with Crippen LogP contribution in [0.5, 0.6) is 0 Å². The quantitative estimate of drug-likeness (QED) is 0.843. The molecule has 1 aromatic rings. The van der Waals surface area contributed by atoms with Crippen LogP contribution in [0.4, 0.5) is 0 Å². The van der Waals surface area contributed by atoms with Crippen LogP contribution < -0.4 is 5.73 Å². The maximum atomic E-state index is 6.05. The Balaban J connectivity index is 2.67. The van der Waals surface area contributed by atoms with Crippen LogP contribution in [0.2, 0.25) is 4.34 Å². The van der Waals surface area contributed by atoms with Crippen LogP contribution in [-0.4, -0.2) is 12.1 Å². The van der Waals surface area contributed by atoms with E-state index in [1.165, 1.54) is 0 Å². The number of rotatable bonds is 6. The number of halogens is 1. The van der Waals surface area contributed by atoms with E-state index in [0.717, 1.165) is 15.6 Å². The minimum atomic E-state index is -0.0544. The van der Waals surface area contributed by atoms with Crippen molar-refractivity contribution in [1.82, 2.24) is 0 Å². The summed E-state index contributed by atoms with van der Waals surface area (Å²) in [5.41, 5.74) is 6.00. The number of thiophene rings is 1. The van der Waals surface area contributed by atoms with Crippen LogP contribution in [0, 0.1) is 5.92 Å². The van der Waals surface area contributed by atoms with Crippen molar-refractivity contribution < 1.29 is 4.74 Å². The summed E-state index contributed by atoms with van der Waals surface area (Å²) in [6.07, 6.45) is 1.20.